The smallest absolute Gasteiger partial charge is 0.244 e. The zero-order chi connectivity index (χ0) is 14.4. The molecule has 2 nitrogen and oxygen atoms in total. The lowest BCUT2D eigenvalue weighted by Crippen LogP contribution is -2.20. The molecule has 102 valence electrons. The van der Waals surface area contributed by atoms with Crippen molar-refractivity contribution in [1.29, 1.82) is 0 Å². The fraction of sp³-hybridized carbons (Fsp3) is 0.0625. The normalized spacial score (nSPS) is 10.7. The van der Waals surface area contributed by atoms with Gasteiger partial charge < -0.3 is 5.32 Å². The van der Waals surface area contributed by atoms with E-state index in [9.17, 15) is 4.79 Å². The molecule has 2 aromatic rings. The molecule has 1 N–H and O–H groups in total. The summed E-state index contributed by atoms with van der Waals surface area (Å²) in [5, 5.41) is 3.72. The maximum absolute atomic E-state index is 11.7. The van der Waals surface area contributed by atoms with E-state index in [2.05, 4.69) is 5.32 Å². The van der Waals surface area contributed by atoms with E-state index >= 15 is 0 Å². The Kier molecular flexibility index (Phi) is 5.22. The number of nitrogens with one attached hydrogen (secondary N) is 1. The van der Waals surface area contributed by atoms with Crippen molar-refractivity contribution in [2.24, 2.45) is 0 Å². The van der Waals surface area contributed by atoms with Gasteiger partial charge in [-0.2, -0.15) is 0 Å². The number of halogens is 2. The van der Waals surface area contributed by atoms with Gasteiger partial charge in [0.15, 0.2) is 0 Å². The molecule has 4 heteroatoms. The average Bonchev–Trinajstić information content (AvgIpc) is 2.48. The van der Waals surface area contributed by atoms with Crippen LogP contribution in [0.15, 0.2) is 54.6 Å². The maximum Gasteiger partial charge on any atom is 0.244 e. The van der Waals surface area contributed by atoms with E-state index in [0.717, 1.165) is 5.56 Å². The van der Waals surface area contributed by atoms with Crippen molar-refractivity contribution in [3.63, 3.8) is 0 Å². The summed E-state index contributed by atoms with van der Waals surface area (Å²) in [4.78, 5) is 11.7. The van der Waals surface area contributed by atoms with Crippen LogP contribution in [-0.4, -0.2) is 5.91 Å². The molecule has 0 atom stereocenters. The predicted octanol–water partition coefficient (Wildman–Crippen LogP) is 4.32. The van der Waals surface area contributed by atoms with Crippen LogP contribution in [0.1, 0.15) is 11.1 Å². The number of amides is 1. The molecule has 0 spiro atoms. The van der Waals surface area contributed by atoms with Gasteiger partial charge in [-0.1, -0.05) is 65.7 Å². The Morgan fingerprint density at radius 2 is 1.80 bits per heavy atom. The molecule has 2 rings (SSSR count). The van der Waals surface area contributed by atoms with E-state index in [0.29, 0.717) is 22.2 Å². The lowest BCUT2D eigenvalue weighted by molar-refractivity contribution is -0.116. The molecule has 0 aliphatic carbocycles. The Balaban J connectivity index is 1.94. The molecule has 0 radical (unpaired) electrons. The van der Waals surface area contributed by atoms with Gasteiger partial charge in [-0.25, -0.2) is 0 Å². The number of hydrogen-bond acceptors (Lipinski definition) is 1. The van der Waals surface area contributed by atoms with Crippen molar-refractivity contribution in [3.8, 4) is 0 Å². The van der Waals surface area contributed by atoms with E-state index in [1.807, 2.05) is 30.3 Å². The first-order valence-electron chi connectivity index (χ1n) is 6.10. The number of rotatable bonds is 4. The van der Waals surface area contributed by atoms with Gasteiger partial charge in [0.25, 0.3) is 0 Å². The Labute approximate surface area is 128 Å². The standard InChI is InChI=1S/C16H13Cl2NO/c17-14-8-4-7-13(16(14)18)9-10-15(20)19-11-12-5-2-1-3-6-12/h1-10H,11H2,(H,19,20)/b10-9+. The van der Waals surface area contributed by atoms with Gasteiger partial charge in [0.1, 0.15) is 0 Å². The maximum atomic E-state index is 11.7. The molecule has 20 heavy (non-hydrogen) atoms. The summed E-state index contributed by atoms with van der Waals surface area (Å²) in [5.41, 5.74) is 1.77. The van der Waals surface area contributed by atoms with Crippen LogP contribution in [0.3, 0.4) is 0 Å². The number of benzene rings is 2. The monoisotopic (exact) mass is 305 g/mol. The van der Waals surface area contributed by atoms with Crippen LogP contribution in [0.5, 0.6) is 0 Å². The lowest BCUT2D eigenvalue weighted by atomic mass is 10.2. The van der Waals surface area contributed by atoms with Gasteiger partial charge >= 0.3 is 0 Å². The summed E-state index contributed by atoms with van der Waals surface area (Å²) < 4.78 is 0. The Hall–Kier alpha value is -1.77. The molecule has 0 aliphatic heterocycles. The quantitative estimate of drug-likeness (QED) is 0.837. The summed E-state index contributed by atoms with van der Waals surface area (Å²) in [6.07, 6.45) is 3.09. The third-order valence-corrected chi connectivity index (χ3v) is 3.54. The lowest BCUT2D eigenvalue weighted by Gasteiger charge is -2.02. The molecule has 0 aromatic heterocycles. The highest BCUT2D eigenvalue weighted by molar-refractivity contribution is 6.42. The second-order valence-electron chi connectivity index (χ2n) is 4.18. The van der Waals surface area contributed by atoms with E-state index in [1.165, 1.54) is 6.08 Å². The van der Waals surface area contributed by atoms with Gasteiger partial charge in [-0.05, 0) is 23.3 Å². The summed E-state index contributed by atoms with van der Waals surface area (Å²) in [6.45, 7) is 0.493. The summed E-state index contributed by atoms with van der Waals surface area (Å²) in [6, 6.07) is 15.0. The Bertz CT molecular complexity index is 624. The minimum atomic E-state index is -0.176. The third-order valence-electron chi connectivity index (χ3n) is 2.71. The topological polar surface area (TPSA) is 29.1 Å². The van der Waals surface area contributed by atoms with Gasteiger partial charge in [0.2, 0.25) is 5.91 Å². The van der Waals surface area contributed by atoms with Crippen molar-refractivity contribution in [3.05, 3.63) is 75.8 Å². The first kappa shape index (κ1) is 14.6. The fourth-order valence-electron chi connectivity index (χ4n) is 1.66. The third kappa shape index (κ3) is 4.12. The summed E-state index contributed by atoms with van der Waals surface area (Å²) >= 11 is 11.9. The second-order valence-corrected chi connectivity index (χ2v) is 4.96. The van der Waals surface area contributed by atoms with Gasteiger partial charge in [-0.3, -0.25) is 4.79 Å². The van der Waals surface area contributed by atoms with Gasteiger partial charge in [-0.15, -0.1) is 0 Å². The predicted molar refractivity (Wildman–Crippen MR) is 83.8 cm³/mol. The van der Waals surface area contributed by atoms with Crippen LogP contribution in [0.2, 0.25) is 10.0 Å². The first-order chi connectivity index (χ1) is 9.66. The van der Waals surface area contributed by atoms with Crippen LogP contribution in [0, 0.1) is 0 Å². The van der Waals surface area contributed by atoms with Crippen molar-refractivity contribution >= 4 is 35.2 Å². The first-order valence-corrected chi connectivity index (χ1v) is 6.86. The molecule has 0 unspecified atom stereocenters. The Morgan fingerprint density at radius 3 is 2.55 bits per heavy atom. The van der Waals surface area contributed by atoms with Crippen LogP contribution in [0.4, 0.5) is 0 Å². The molecule has 0 fully saturated rings. The molecule has 0 heterocycles. The van der Waals surface area contributed by atoms with Crippen molar-refractivity contribution < 1.29 is 4.79 Å². The molecule has 0 saturated heterocycles. The molecule has 2 aromatic carbocycles. The largest absolute Gasteiger partial charge is 0.348 e. The van der Waals surface area contributed by atoms with Crippen LogP contribution < -0.4 is 5.32 Å². The minimum Gasteiger partial charge on any atom is -0.348 e. The highest BCUT2D eigenvalue weighted by Gasteiger charge is 2.02. The Morgan fingerprint density at radius 1 is 1.05 bits per heavy atom. The molecule has 0 bridgehead atoms. The SMILES string of the molecule is O=C(/C=C/c1cccc(Cl)c1Cl)NCc1ccccc1. The molecule has 1 amide bonds. The van der Waals surface area contributed by atoms with Crippen molar-refractivity contribution in [2.75, 3.05) is 0 Å². The molecular formula is C16H13Cl2NO. The summed E-state index contributed by atoms with van der Waals surface area (Å²) in [7, 11) is 0. The zero-order valence-electron chi connectivity index (χ0n) is 10.6. The van der Waals surface area contributed by atoms with E-state index in [4.69, 9.17) is 23.2 Å². The van der Waals surface area contributed by atoms with Gasteiger partial charge in [0.05, 0.1) is 10.0 Å². The van der Waals surface area contributed by atoms with Gasteiger partial charge in [0, 0.05) is 12.6 Å². The highest BCUT2D eigenvalue weighted by atomic mass is 35.5. The van der Waals surface area contributed by atoms with Crippen molar-refractivity contribution in [2.45, 2.75) is 6.54 Å². The van der Waals surface area contributed by atoms with E-state index in [1.54, 1.807) is 24.3 Å². The van der Waals surface area contributed by atoms with E-state index in [-0.39, 0.29) is 5.91 Å². The number of carbonyl (C=O) groups excluding carboxylic acids is 1. The van der Waals surface area contributed by atoms with Crippen molar-refractivity contribution in [1.82, 2.24) is 5.32 Å². The molecular weight excluding hydrogens is 293 g/mol. The molecule has 0 saturated carbocycles. The van der Waals surface area contributed by atoms with Crippen LogP contribution in [-0.2, 0) is 11.3 Å². The average molecular weight is 306 g/mol. The number of carbonyl (C=O) groups is 1. The number of hydrogen-bond donors (Lipinski definition) is 1. The minimum absolute atomic E-state index is 0.176. The summed E-state index contributed by atoms with van der Waals surface area (Å²) in [5.74, 6) is -0.176. The van der Waals surface area contributed by atoms with Crippen LogP contribution >= 0.6 is 23.2 Å². The second kappa shape index (κ2) is 7.13. The molecule has 0 aliphatic rings. The van der Waals surface area contributed by atoms with E-state index < -0.39 is 0 Å². The fourth-order valence-corrected chi connectivity index (χ4v) is 2.03. The zero-order valence-corrected chi connectivity index (χ0v) is 12.2. The highest BCUT2D eigenvalue weighted by Crippen LogP contribution is 2.26. The van der Waals surface area contributed by atoms with Crippen LogP contribution in [0.25, 0.3) is 6.08 Å².